The number of rotatable bonds is 6. The van der Waals surface area contributed by atoms with Crippen LogP contribution >= 0.6 is 11.6 Å². The Kier molecular flexibility index (Phi) is 5.65. The fourth-order valence-corrected chi connectivity index (χ4v) is 2.35. The van der Waals surface area contributed by atoms with E-state index in [0.29, 0.717) is 11.6 Å². The van der Waals surface area contributed by atoms with E-state index in [1.165, 1.54) is 24.1 Å². The van der Waals surface area contributed by atoms with Crippen LogP contribution < -0.4 is 5.32 Å². The lowest BCUT2D eigenvalue weighted by atomic mass is 10.0. The highest BCUT2D eigenvalue weighted by Crippen LogP contribution is 2.22. The van der Waals surface area contributed by atoms with Crippen LogP contribution in [-0.2, 0) is 7.05 Å². The second-order valence-corrected chi connectivity index (χ2v) is 5.56. The Morgan fingerprint density at radius 1 is 1.43 bits per heavy atom. The van der Waals surface area contributed by atoms with Crippen LogP contribution in [0, 0.1) is 0 Å². The van der Waals surface area contributed by atoms with E-state index in [0.717, 1.165) is 12.1 Å². The zero-order valence-electron chi connectivity index (χ0n) is 12.8. The summed E-state index contributed by atoms with van der Waals surface area (Å²) in [5, 5.41) is 6.83. The van der Waals surface area contributed by atoms with E-state index in [1.54, 1.807) is 12.1 Å². The average molecular weight is 343 g/mol. The molecule has 0 radical (unpaired) electrons. The summed E-state index contributed by atoms with van der Waals surface area (Å²) in [5.74, 6) is -0.594. The molecule has 2 aromatic heterocycles. The number of aromatic nitrogens is 3. The second kappa shape index (κ2) is 7.50. The molecule has 8 heteroatoms. The molecule has 23 heavy (non-hydrogen) atoms. The highest BCUT2D eigenvalue weighted by atomic mass is 35.5. The molecule has 1 unspecified atom stereocenters. The van der Waals surface area contributed by atoms with Crippen LogP contribution in [0.4, 0.5) is 8.78 Å². The first-order chi connectivity index (χ1) is 10.9. The van der Waals surface area contributed by atoms with Gasteiger partial charge in [-0.3, -0.25) is 14.5 Å². The van der Waals surface area contributed by atoms with Gasteiger partial charge < -0.3 is 5.32 Å². The third-order valence-electron chi connectivity index (χ3n) is 3.48. The van der Waals surface area contributed by atoms with Crippen LogP contribution in [0.1, 0.15) is 47.4 Å². The van der Waals surface area contributed by atoms with Crippen molar-refractivity contribution < 1.29 is 13.6 Å². The Balaban J connectivity index is 2.07. The van der Waals surface area contributed by atoms with Crippen molar-refractivity contribution in [3.8, 4) is 0 Å². The van der Waals surface area contributed by atoms with Gasteiger partial charge in [0, 0.05) is 37.6 Å². The summed E-state index contributed by atoms with van der Waals surface area (Å²) >= 11 is 5.80. The SMILES string of the molecule is CCC(CNC(=O)c1cn(C)nc1C(F)F)c1ccc(Cl)cn1. The average Bonchev–Trinajstić information content (AvgIpc) is 2.91. The van der Waals surface area contributed by atoms with E-state index in [2.05, 4.69) is 15.4 Å². The molecule has 2 heterocycles. The van der Waals surface area contributed by atoms with E-state index in [9.17, 15) is 13.6 Å². The van der Waals surface area contributed by atoms with Crippen LogP contribution in [0.2, 0.25) is 5.02 Å². The number of hydrogen-bond acceptors (Lipinski definition) is 3. The number of carbonyl (C=O) groups is 1. The lowest BCUT2D eigenvalue weighted by Crippen LogP contribution is -2.29. The van der Waals surface area contributed by atoms with E-state index in [-0.39, 0.29) is 11.5 Å². The first kappa shape index (κ1) is 17.3. The molecule has 1 amide bonds. The highest BCUT2D eigenvalue weighted by Gasteiger charge is 2.23. The summed E-state index contributed by atoms with van der Waals surface area (Å²) in [5.41, 5.74) is 0.168. The van der Waals surface area contributed by atoms with Crippen LogP contribution in [0.15, 0.2) is 24.5 Å². The first-order valence-corrected chi connectivity index (χ1v) is 7.51. The van der Waals surface area contributed by atoms with Gasteiger partial charge in [0.05, 0.1) is 10.6 Å². The largest absolute Gasteiger partial charge is 0.351 e. The van der Waals surface area contributed by atoms with Gasteiger partial charge in [-0.1, -0.05) is 18.5 Å². The maximum absolute atomic E-state index is 12.9. The van der Waals surface area contributed by atoms with E-state index in [1.807, 2.05) is 6.92 Å². The molecule has 124 valence electrons. The minimum Gasteiger partial charge on any atom is -0.351 e. The Hall–Kier alpha value is -2.02. The van der Waals surface area contributed by atoms with Crippen LogP contribution in [-0.4, -0.2) is 27.2 Å². The minimum absolute atomic E-state index is 0.0251. The molecule has 0 bridgehead atoms. The number of nitrogens with one attached hydrogen (secondary N) is 1. The van der Waals surface area contributed by atoms with Gasteiger partial charge in [0.1, 0.15) is 5.69 Å². The van der Waals surface area contributed by atoms with Gasteiger partial charge in [-0.25, -0.2) is 8.78 Å². The summed E-state index contributed by atoms with van der Waals surface area (Å²) in [6, 6.07) is 3.52. The third-order valence-corrected chi connectivity index (χ3v) is 3.70. The lowest BCUT2D eigenvalue weighted by molar-refractivity contribution is 0.0936. The van der Waals surface area contributed by atoms with Gasteiger partial charge in [-0.05, 0) is 18.6 Å². The van der Waals surface area contributed by atoms with Gasteiger partial charge in [0.2, 0.25) is 0 Å². The predicted molar refractivity (Wildman–Crippen MR) is 82.8 cm³/mol. The Morgan fingerprint density at radius 2 is 2.17 bits per heavy atom. The molecule has 0 aliphatic rings. The number of halogens is 3. The quantitative estimate of drug-likeness (QED) is 0.876. The number of alkyl halides is 2. The molecule has 5 nitrogen and oxygen atoms in total. The number of amides is 1. The first-order valence-electron chi connectivity index (χ1n) is 7.13. The number of aryl methyl sites for hydroxylation is 1. The van der Waals surface area contributed by atoms with Gasteiger partial charge in [-0.15, -0.1) is 0 Å². The van der Waals surface area contributed by atoms with E-state index >= 15 is 0 Å². The molecule has 1 N–H and O–H groups in total. The summed E-state index contributed by atoms with van der Waals surface area (Å²) in [6.45, 7) is 2.25. The maximum Gasteiger partial charge on any atom is 0.282 e. The highest BCUT2D eigenvalue weighted by molar-refractivity contribution is 6.30. The third kappa shape index (κ3) is 4.25. The summed E-state index contributed by atoms with van der Waals surface area (Å²) in [6.07, 6.45) is 0.774. The Bertz CT molecular complexity index is 673. The van der Waals surface area contributed by atoms with Crippen molar-refractivity contribution in [2.75, 3.05) is 6.54 Å². The summed E-state index contributed by atoms with van der Waals surface area (Å²) < 4.78 is 27.0. The van der Waals surface area contributed by atoms with Crippen molar-refractivity contribution in [1.82, 2.24) is 20.1 Å². The number of carbonyl (C=O) groups excluding carboxylic acids is 1. The lowest BCUT2D eigenvalue weighted by Gasteiger charge is -2.15. The van der Waals surface area contributed by atoms with E-state index < -0.39 is 18.0 Å². The topological polar surface area (TPSA) is 59.8 Å². The second-order valence-electron chi connectivity index (χ2n) is 5.12. The molecule has 0 aliphatic heterocycles. The molecular weight excluding hydrogens is 326 g/mol. The predicted octanol–water partition coefficient (Wildman–Crippen LogP) is 3.33. The van der Waals surface area contributed by atoms with Crippen molar-refractivity contribution in [3.05, 3.63) is 46.5 Å². The molecule has 2 aromatic rings. The van der Waals surface area contributed by atoms with E-state index in [4.69, 9.17) is 11.6 Å². The smallest absolute Gasteiger partial charge is 0.282 e. The number of nitrogens with zero attached hydrogens (tertiary/aromatic N) is 3. The molecule has 0 spiro atoms. The van der Waals surface area contributed by atoms with Crippen LogP contribution in [0.3, 0.4) is 0 Å². The van der Waals surface area contributed by atoms with Crippen molar-refractivity contribution in [3.63, 3.8) is 0 Å². The number of pyridine rings is 1. The van der Waals surface area contributed by atoms with Gasteiger partial charge in [-0.2, -0.15) is 5.10 Å². The van der Waals surface area contributed by atoms with Crippen LogP contribution in [0.25, 0.3) is 0 Å². The van der Waals surface area contributed by atoms with Gasteiger partial charge in [0.15, 0.2) is 0 Å². The monoisotopic (exact) mass is 342 g/mol. The standard InChI is InChI=1S/C15H17ClF2N4O/c1-3-9(12-5-4-10(16)7-19-12)6-20-15(23)11-8-22(2)21-13(11)14(17)18/h4-5,7-9,14H,3,6H2,1-2H3,(H,20,23). The van der Waals surface area contributed by atoms with Crippen molar-refractivity contribution in [2.24, 2.45) is 7.05 Å². The molecule has 0 aliphatic carbocycles. The zero-order valence-corrected chi connectivity index (χ0v) is 13.5. The molecule has 0 aromatic carbocycles. The fourth-order valence-electron chi connectivity index (χ4n) is 2.24. The van der Waals surface area contributed by atoms with Gasteiger partial charge >= 0.3 is 0 Å². The molecule has 0 fully saturated rings. The normalized spacial score (nSPS) is 12.4. The summed E-state index contributed by atoms with van der Waals surface area (Å²) in [7, 11) is 1.50. The molecule has 0 saturated carbocycles. The molecule has 0 saturated heterocycles. The number of hydrogen-bond donors (Lipinski definition) is 1. The zero-order chi connectivity index (χ0) is 17.0. The van der Waals surface area contributed by atoms with Crippen LogP contribution in [0.5, 0.6) is 0 Å². The molecular formula is C15H17ClF2N4O. The van der Waals surface area contributed by atoms with Crippen molar-refractivity contribution in [2.45, 2.75) is 25.7 Å². The fraction of sp³-hybridized carbons (Fsp3) is 0.400. The van der Waals surface area contributed by atoms with Crippen molar-refractivity contribution in [1.29, 1.82) is 0 Å². The molecule has 2 rings (SSSR count). The van der Waals surface area contributed by atoms with Crippen molar-refractivity contribution >= 4 is 17.5 Å². The maximum atomic E-state index is 12.9. The summed E-state index contributed by atoms with van der Waals surface area (Å²) in [4.78, 5) is 16.4. The molecule has 1 atom stereocenters. The Morgan fingerprint density at radius 3 is 2.74 bits per heavy atom. The Labute approximate surface area is 137 Å². The van der Waals surface area contributed by atoms with Gasteiger partial charge in [0.25, 0.3) is 12.3 Å². The minimum atomic E-state index is -2.79.